The lowest BCUT2D eigenvalue weighted by molar-refractivity contribution is 0.0432. The number of aliphatic hydroxyl groups is 1. The molecule has 1 aromatic rings. The summed E-state index contributed by atoms with van der Waals surface area (Å²) in [6.45, 7) is 12.8. The van der Waals surface area contributed by atoms with Gasteiger partial charge in [0.05, 0.1) is 5.60 Å². The number of benzene rings is 1. The summed E-state index contributed by atoms with van der Waals surface area (Å²) >= 11 is 0. The predicted molar refractivity (Wildman–Crippen MR) is 146 cm³/mol. The van der Waals surface area contributed by atoms with E-state index in [0.717, 1.165) is 50.5 Å². The molecular weight excluding hydrogens is 420 g/mol. The van der Waals surface area contributed by atoms with Crippen LogP contribution in [0.4, 0.5) is 0 Å². The number of hydrogen-bond acceptors (Lipinski definition) is 3. The molecule has 0 heterocycles. The molecule has 0 aliphatic heterocycles. The number of hydrogen-bond donors (Lipinski definition) is 3. The summed E-state index contributed by atoms with van der Waals surface area (Å²) in [7, 11) is 0. The lowest BCUT2D eigenvalue weighted by atomic mass is 9.91. The quantitative estimate of drug-likeness (QED) is 0.178. The summed E-state index contributed by atoms with van der Waals surface area (Å²) in [6.07, 6.45) is 18.9. The molecule has 34 heavy (non-hydrogen) atoms. The molecule has 1 rings (SSSR count). The Bertz CT molecular complexity index is 865. The van der Waals surface area contributed by atoms with Crippen molar-refractivity contribution in [1.29, 1.82) is 0 Å². The van der Waals surface area contributed by atoms with E-state index in [1.165, 1.54) is 28.4 Å². The van der Waals surface area contributed by atoms with Gasteiger partial charge in [0.25, 0.3) is 0 Å². The summed E-state index contributed by atoms with van der Waals surface area (Å²) in [6, 6.07) is 4.84. The molecule has 1 aromatic carbocycles. The largest absolute Gasteiger partial charge is 0.504 e. The lowest BCUT2D eigenvalue weighted by Crippen LogP contribution is -2.24. The molecule has 1 atom stereocenters. The zero-order valence-corrected chi connectivity index (χ0v) is 22.5. The molecule has 0 fully saturated rings. The fourth-order valence-corrected chi connectivity index (χ4v) is 3.88. The van der Waals surface area contributed by atoms with E-state index in [1.54, 1.807) is 12.1 Å². The van der Waals surface area contributed by atoms with Gasteiger partial charge in [0.15, 0.2) is 11.5 Å². The smallest absolute Gasteiger partial charge is 0.157 e. The standard InChI is InChI=1S/C31H48O3/c1-24(2)11-7-12-25(3)13-8-14-26(4)15-9-16-27(5)17-10-21-31(6,34)22-20-28-18-19-29(32)30(33)23-28/h11,13,15,17-19,23,32-34H,7-10,12,14,16,20-22H2,1-6H3. The first-order chi connectivity index (χ1) is 16.0. The van der Waals surface area contributed by atoms with Crippen LogP contribution in [-0.2, 0) is 6.42 Å². The van der Waals surface area contributed by atoms with Crippen molar-refractivity contribution in [2.24, 2.45) is 0 Å². The van der Waals surface area contributed by atoms with Crippen LogP contribution < -0.4 is 0 Å². The van der Waals surface area contributed by atoms with Gasteiger partial charge < -0.3 is 15.3 Å². The molecular formula is C31H48O3. The Morgan fingerprint density at radius 1 is 0.706 bits per heavy atom. The van der Waals surface area contributed by atoms with Gasteiger partial charge >= 0.3 is 0 Å². The Hall–Kier alpha value is -2.26. The normalized spacial score (nSPS) is 14.7. The van der Waals surface area contributed by atoms with Crippen molar-refractivity contribution in [3.63, 3.8) is 0 Å². The van der Waals surface area contributed by atoms with Crippen molar-refractivity contribution < 1.29 is 15.3 Å². The second-order valence-electron chi connectivity index (χ2n) is 10.4. The molecule has 0 spiro atoms. The zero-order chi connectivity index (χ0) is 25.6. The Kier molecular flexibility index (Phi) is 13.7. The van der Waals surface area contributed by atoms with E-state index >= 15 is 0 Å². The molecule has 190 valence electrons. The third-order valence-electron chi connectivity index (χ3n) is 6.32. The van der Waals surface area contributed by atoms with Crippen LogP contribution in [-0.4, -0.2) is 20.9 Å². The second kappa shape index (κ2) is 15.6. The maximum Gasteiger partial charge on any atom is 0.157 e. The highest BCUT2D eigenvalue weighted by Gasteiger charge is 2.19. The third-order valence-corrected chi connectivity index (χ3v) is 6.32. The van der Waals surface area contributed by atoms with Gasteiger partial charge in [-0.3, -0.25) is 0 Å². The van der Waals surface area contributed by atoms with Crippen molar-refractivity contribution in [2.75, 3.05) is 0 Å². The summed E-state index contributed by atoms with van der Waals surface area (Å²) in [4.78, 5) is 0. The molecule has 3 nitrogen and oxygen atoms in total. The number of rotatable bonds is 15. The molecule has 0 aliphatic rings. The number of allylic oxidation sites excluding steroid dienone is 8. The number of aryl methyl sites for hydroxylation is 1. The van der Waals surface area contributed by atoms with E-state index in [1.807, 2.05) is 6.92 Å². The first kappa shape index (κ1) is 29.8. The average molecular weight is 469 g/mol. The minimum Gasteiger partial charge on any atom is -0.504 e. The minimum absolute atomic E-state index is 0.110. The fraction of sp³-hybridized carbons (Fsp3) is 0.548. The fourth-order valence-electron chi connectivity index (χ4n) is 3.88. The number of aromatic hydroxyl groups is 2. The lowest BCUT2D eigenvalue weighted by Gasteiger charge is -2.23. The Labute approximate surface area is 208 Å². The molecule has 0 aromatic heterocycles. The molecule has 0 saturated heterocycles. The summed E-state index contributed by atoms with van der Waals surface area (Å²) in [5, 5.41) is 29.7. The summed E-state index contributed by atoms with van der Waals surface area (Å²) < 4.78 is 0. The Morgan fingerprint density at radius 3 is 1.71 bits per heavy atom. The Morgan fingerprint density at radius 2 is 1.21 bits per heavy atom. The van der Waals surface area contributed by atoms with Crippen molar-refractivity contribution in [2.45, 2.75) is 111 Å². The average Bonchev–Trinajstić information content (AvgIpc) is 2.74. The minimum atomic E-state index is -0.752. The maximum atomic E-state index is 10.7. The van der Waals surface area contributed by atoms with Gasteiger partial charge in [0, 0.05) is 0 Å². The zero-order valence-electron chi connectivity index (χ0n) is 22.5. The SMILES string of the molecule is CC(C)=CCCC(C)=CCCC(C)=CCCC(C)=CCCC(C)(O)CCc1ccc(O)c(O)c1. The van der Waals surface area contributed by atoms with Crippen molar-refractivity contribution in [3.05, 3.63) is 70.4 Å². The second-order valence-corrected chi connectivity index (χ2v) is 10.4. The van der Waals surface area contributed by atoms with E-state index in [9.17, 15) is 15.3 Å². The van der Waals surface area contributed by atoms with Crippen LogP contribution in [0.3, 0.4) is 0 Å². The van der Waals surface area contributed by atoms with Crippen LogP contribution in [0.5, 0.6) is 11.5 Å². The van der Waals surface area contributed by atoms with Crippen molar-refractivity contribution in [3.8, 4) is 11.5 Å². The molecule has 3 heteroatoms. The van der Waals surface area contributed by atoms with E-state index in [-0.39, 0.29) is 11.5 Å². The molecule has 0 saturated carbocycles. The molecule has 1 unspecified atom stereocenters. The highest BCUT2D eigenvalue weighted by molar-refractivity contribution is 5.40. The molecule has 0 bridgehead atoms. The predicted octanol–water partition coefficient (Wildman–Crippen LogP) is 8.71. The molecule has 0 amide bonds. The third kappa shape index (κ3) is 14.1. The number of phenolic OH excluding ortho intramolecular Hbond substituents is 2. The van der Waals surface area contributed by atoms with Crippen molar-refractivity contribution >= 4 is 0 Å². The Balaban J connectivity index is 2.30. The number of phenols is 2. The van der Waals surface area contributed by atoms with Gasteiger partial charge in [0.2, 0.25) is 0 Å². The van der Waals surface area contributed by atoms with E-state index in [0.29, 0.717) is 19.3 Å². The summed E-state index contributed by atoms with van der Waals surface area (Å²) in [5.41, 5.74) is 5.88. The first-order valence-corrected chi connectivity index (χ1v) is 12.8. The van der Waals surface area contributed by atoms with Crippen LogP contribution in [0, 0.1) is 0 Å². The van der Waals surface area contributed by atoms with E-state index < -0.39 is 5.60 Å². The van der Waals surface area contributed by atoms with Crippen LogP contribution in [0.2, 0.25) is 0 Å². The topological polar surface area (TPSA) is 60.7 Å². The van der Waals surface area contributed by atoms with Gasteiger partial charge in [-0.15, -0.1) is 0 Å². The molecule has 3 N–H and O–H groups in total. The van der Waals surface area contributed by atoms with E-state index in [2.05, 4.69) is 58.9 Å². The summed E-state index contributed by atoms with van der Waals surface area (Å²) in [5.74, 6) is -0.222. The first-order valence-electron chi connectivity index (χ1n) is 12.8. The van der Waals surface area contributed by atoms with Crippen LogP contribution in [0.15, 0.2) is 64.8 Å². The highest BCUT2D eigenvalue weighted by atomic mass is 16.3. The van der Waals surface area contributed by atoms with Crippen LogP contribution in [0.25, 0.3) is 0 Å². The van der Waals surface area contributed by atoms with Crippen LogP contribution >= 0.6 is 0 Å². The molecule has 0 radical (unpaired) electrons. The van der Waals surface area contributed by atoms with Crippen LogP contribution in [0.1, 0.15) is 105 Å². The van der Waals surface area contributed by atoms with Gasteiger partial charge in [0.1, 0.15) is 0 Å². The van der Waals surface area contributed by atoms with Gasteiger partial charge in [-0.2, -0.15) is 0 Å². The van der Waals surface area contributed by atoms with Gasteiger partial charge in [-0.05, 0) is 123 Å². The monoisotopic (exact) mass is 468 g/mol. The highest BCUT2D eigenvalue weighted by Crippen LogP contribution is 2.27. The van der Waals surface area contributed by atoms with Crippen molar-refractivity contribution in [1.82, 2.24) is 0 Å². The van der Waals surface area contributed by atoms with Gasteiger partial charge in [-0.25, -0.2) is 0 Å². The van der Waals surface area contributed by atoms with Gasteiger partial charge in [-0.1, -0.05) is 52.7 Å². The maximum absolute atomic E-state index is 10.7. The molecule has 0 aliphatic carbocycles. The van der Waals surface area contributed by atoms with E-state index in [4.69, 9.17) is 0 Å².